The number of nitrogens with one attached hydrogen (secondary N) is 1. The van der Waals surface area contributed by atoms with Crippen LogP contribution in [0.25, 0.3) is 0 Å². The van der Waals surface area contributed by atoms with Crippen molar-refractivity contribution in [3.05, 3.63) is 42.5 Å². The third-order valence-corrected chi connectivity index (χ3v) is 1.99. The van der Waals surface area contributed by atoms with Crippen LogP contribution in [0.3, 0.4) is 0 Å². The van der Waals surface area contributed by atoms with Crippen molar-refractivity contribution in [2.75, 3.05) is 13.7 Å². The van der Waals surface area contributed by atoms with Crippen LogP contribution in [0.2, 0.25) is 0 Å². The van der Waals surface area contributed by atoms with E-state index in [2.05, 4.69) is 17.1 Å². The van der Waals surface area contributed by atoms with Gasteiger partial charge in [0.2, 0.25) is 0 Å². The van der Waals surface area contributed by atoms with Gasteiger partial charge in [0.15, 0.2) is 0 Å². The van der Waals surface area contributed by atoms with E-state index >= 15 is 0 Å². The van der Waals surface area contributed by atoms with Gasteiger partial charge < -0.3 is 10.2 Å². The Morgan fingerprint density at radius 1 is 1.47 bits per heavy atom. The van der Waals surface area contributed by atoms with Crippen LogP contribution < -0.4 is 10.2 Å². The number of nitrogens with zero attached hydrogens (tertiary/aromatic N) is 1. The van der Waals surface area contributed by atoms with Crippen molar-refractivity contribution in [2.24, 2.45) is 5.10 Å². The molecule has 15 heavy (non-hydrogen) atoms. The van der Waals surface area contributed by atoms with Crippen molar-refractivity contribution in [3.63, 3.8) is 0 Å². The van der Waals surface area contributed by atoms with Crippen molar-refractivity contribution < 1.29 is 4.74 Å². The van der Waals surface area contributed by atoms with E-state index in [-0.39, 0.29) is 0 Å². The monoisotopic (exact) mass is 204 g/mol. The van der Waals surface area contributed by atoms with Crippen molar-refractivity contribution in [2.45, 2.75) is 6.92 Å². The largest absolute Gasteiger partial charge is 0.497 e. The number of ether oxygens (including phenoxy) is 1. The van der Waals surface area contributed by atoms with Crippen molar-refractivity contribution in [1.29, 1.82) is 0 Å². The molecule has 80 valence electrons. The van der Waals surface area contributed by atoms with E-state index in [0.717, 1.165) is 17.0 Å². The molecule has 0 unspecified atom stereocenters. The highest BCUT2D eigenvalue weighted by atomic mass is 16.5. The van der Waals surface area contributed by atoms with E-state index in [4.69, 9.17) is 4.74 Å². The van der Waals surface area contributed by atoms with E-state index in [1.54, 1.807) is 13.2 Å². The number of benzene rings is 1. The summed E-state index contributed by atoms with van der Waals surface area (Å²) < 4.78 is 5.08. The predicted molar refractivity (Wildman–Crippen MR) is 63.4 cm³/mol. The number of hydrogen-bond donors (Lipinski definition) is 1. The highest BCUT2D eigenvalue weighted by molar-refractivity contribution is 5.98. The summed E-state index contributed by atoms with van der Waals surface area (Å²) in [6.45, 7) is 6.24. The van der Waals surface area contributed by atoms with Crippen molar-refractivity contribution in [3.8, 4) is 5.75 Å². The van der Waals surface area contributed by atoms with Crippen LogP contribution in [-0.4, -0.2) is 19.4 Å². The van der Waals surface area contributed by atoms with Gasteiger partial charge in [0.25, 0.3) is 0 Å². The maximum absolute atomic E-state index is 5.08. The summed E-state index contributed by atoms with van der Waals surface area (Å²) in [6, 6.07) is 7.80. The molecule has 0 heterocycles. The third-order valence-electron chi connectivity index (χ3n) is 1.99. The zero-order valence-corrected chi connectivity index (χ0v) is 9.16. The molecule has 0 spiro atoms. The van der Waals surface area contributed by atoms with Crippen LogP contribution in [0, 0.1) is 0 Å². The molecule has 3 heteroatoms. The Kier molecular flexibility index (Phi) is 4.41. The summed E-state index contributed by atoms with van der Waals surface area (Å²) in [4.78, 5) is 0. The highest BCUT2D eigenvalue weighted by Gasteiger charge is 1.97. The van der Waals surface area contributed by atoms with Gasteiger partial charge in [-0.2, -0.15) is 5.10 Å². The fourth-order valence-corrected chi connectivity index (χ4v) is 1.13. The van der Waals surface area contributed by atoms with Crippen LogP contribution in [0.15, 0.2) is 42.0 Å². The summed E-state index contributed by atoms with van der Waals surface area (Å²) in [7, 11) is 1.65. The van der Waals surface area contributed by atoms with E-state index in [0.29, 0.717) is 6.54 Å². The molecule has 0 saturated carbocycles. The average molecular weight is 204 g/mol. The smallest absolute Gasteiger partial charge is 0.118 e. The Bertz CT molecular complexity index is 341. The van der Waals surface area contributed by atoms with Crippen molar-refractivity contribution >= 4 is 5.71 Å². The van der Waals surface area contributed by atoms with Crippen LogP contribution in [0.5, 0.6) is 5.75 Å². The Balaban J connectivity index is 2.68. The maximum atomic E-state index is 5.08. The summed E-state index contributed by atoms with van der Waals surface area (Å²) in [5.74, 6) is 0.852. The third kappa shape index (κ3) is 3.46. The molecule has 1 rings (SSSR count). The first kappa shape index (κ1) is 11.3. The SMILES string of the molecule is C=CCN/N=C(\C)c1ccc(OC)cc1. The van der Waals surface area contributed by atoms with Crippen LogP contribution in [0.4, 0.5) is 0 Å². The second kappa shape index (κ2) is 5.86. The lowest BCUT2D eigenvalue weighted by atomic mass is 10.1. The Morgan fingerprint density at radius 3 is 2.67 bits per heavy atom. The molecule has 0 amide bonds. The van der Waals surface area contributed by atoms with E-state index < -0.39 is 0 Å². The van der Waals surface area contributed by atoms with E-state index in [1.165, 1.54) is 0 Å². The fraction of sp³-hybridized carbons (Fsp3) is 0.250. The Labute approximate surface area is 90.5 Å². The molecule has 0 aromatic heterocycles. The van der Waals surface area contributed by atoms with Gasteiger partial charge in [-0.05, 0) is 36.8 Å². The number of rotatable bonds is 5. The summed E-state index contributed by atoms with van der Waals surface area (Å²) >= 11 is 0. The second-order valence-electron chi connectivity index (χ2n) is 3.08. The molecular weight excluding hydrogens is 188 g/mol. The number of methoxy groups -OCH3 is 1. The lowest BCUT2D eigenvalue weighted by Gasteiger charge is -2.03. The Hall–Kier alpha value is -1.77. The first-order valence-electron chi connectivity index (χ1n) is 4.80. The van der Waals surface area contributed by atoms with E-state index in [1.807, 2.05) is 31.2 Å². The van der Waals surface area contributed by atoms with Gasteiger partial charge in [-0.1, -0.05) is 6.08 Å². The first-order chi connectivity index (χ1) is 7.27. The molecule has 0 aliphatic rings. The maximum Gasteiger partial charge on any atom is 0.118 e. The fourth-order valence-electron chi connectivity index (χ4n) is 1.13. The lowest BCUT2D eigenvalue weighted by molar-refractivity contribution is 0.415. The van der Waals surface area contributed by atoms with Gasteiger partial charge in [-0.3, -0.25) is 0 Å². The van der Waals surface area contributed by atoms with Gasteiger partial charge in [0, 0.05) is 0 Å². The minimum absolute atomic E-state index is 0.674. The van der Waals surface area contributed by atoms with E-state index in [9.17, 15) is 0 Å². The molecule has 0 bridgehead atoms. The molecule has 0 radical (unpaired) electrons. The normalized spacial score (nSPS) is 10.9. The van der Waals surface area contributed by atoms with Crippen LogP contribution in [-0.2, 0) is 0 Å². The standard InChI is InChI=1S/C12H16N2O/c1-4-9-13-14-10(2)11-5-7-12(15-3)8-6-11/h4-8,13H,1,9H2,2-3H3/b14-10+. The molecule has 0 aliphatic heterocycles. The number of hydrogen-bond acceptors (Lipinski definition) is 3. The van der Waals surface area contributed by atoms with Crippen LogP contribution in [0.1, 0.15) is 12.5 Å². The lowest BCUT2D eigenvalue weighted by Crippen LogP contribution is -2.08. The first-order valence-corrected chi connectivity index (χ1v) is 4.80. The molecule has 1 N–H and O–H groups in total. The topological polar surface area (TPSA) is 33.6 Å². The molecule has 0 aliphatic carbocycles. The second-order valence-corrected chi connectivity index (χ2v) is 3.08. The molecule has 0 atom stereocenters. The molecule has 0 saturated heterocycles. The van der Waals surface area contributed by atoms with Gasteiger partial charge in [0.1, 0.15) is 5.75 Å². The predicted octanol–water partition coefficient (Wildman–Crippen LogP) is 2.19. The quantitative estimate of drug-likeness (QED) is 0.345. The molecular formula is C12H16N2O. The summed E-state index contributed by atoms with van der Waals surface area (Å²) in [6.07, 6.45) is 1.77. The van der Waals surface area contributed by atoms with Gasteiger partial charge in [-0.15, -0.1) is 6.58 Å². The zero-order chi connectivity index (χ0) is 11.1. The van der Waals surface area contributed by atoms with Crippen LogP contribution >= 0.6 is 0 Å². The zero-order valence-electron chi connectivity index (χ0n) is 9.16. The molecule has 3 nitrogen and oxygen atoms in total. The minimum atomic E-state index is 0.674. The summed E-state index contributed by atoms with van der Waals surface area (Å²) in [5, 5.41) is 4.19. The molecule has 1 aromatic carbocycles. The average Bonchev–Trinajstić information content (AvgIpc) is 2.29. The van der Waals surface area contributed by atoms with Crippen molar-refractivity contribution in [1.82, 2.24) is 5.43 Å². The minimum Gasteiger partial charge on any atom is -0.497 e. The molecule has 1 aromatic rings. The van der Waals surface area contributed by atoms with Gasteiger partial charge >= 0.3 is 0 Å². The number of hydrazone groups is 1. The van der Waals surface area contributed by atoms with Gasteiger partial charge in [-0.25, -0.2) is 0 Å². The van der Waals surface area contributed by atoms with Gasteiger partial charge in [0.05, 0.1) is 19.4 Å². The molecule has 0 fully saturated rings. The Morgan fingerprint density at radius 2 is 2.13 bits per heavy atom. The summed E-state index contributed by atoms with van der Waals surface area (Å²) in [5.41, 5.74) is 4.92. The highest BCUT2D eigenvalue weighted by Crippen LogP contribution is 2.11.